The Hall–Kier alpha value is -0.0400. The van der Waals surface area contributed by atoms with E-state index in [-0.39, 0.29) is 0 Å². The molecule has 1 unspecified atom stereocenters. The zero-order valence-corrected chi connectivity index (χ0v) is 8.06. The molecule has 66 valence electrons. The van der Waals surface area contributed by atoms with Crippen LogP contribution in [0.2, 0.25) is 0 Å². The summed E-state index contributed by atoms with van der Waals surface area (Å²) in [5.41, 5.74) is 0. The second-order valence-corrected chi connectivity index (χ2v) is 4.05. The van der Waals surface area contributed by atoms with Crippen LogP contribution in [-0.2, 0) is 0 Å². The van der Waals surface area contributed by atoms with Gasteiger partial charge in [0, 0.05) is 0 Å². The van der Waals surface area contributed by atoms with Crippen molar-refractivity contribution < 1.29 is 0 Å². The summed E-state index contributed by atoms with van der Waals surface area (Å²) in [6.07, 6.45) is 2.96. The summed E-state index contributed by atoms with van der Waals surface area (Å²) < 4.78 is 0. The van der Waals surface area contributed by atoms with Crippen molar-refractivity contribution in [3.8, 4) is 0 Å². The fourth-order valence-corrected chi connectivity index (χ4v) is 1.78. The van der Waals surface area contributed by atoms with Crippen LogP contribution in [0.3, 0.4) is 0 Å². The maximum Gasteiger partial charge on any atom is -0.00155 e. The normalized spacial score (nSPS) is 20.7. The molecule has 0 aliphatic heterocycles. The highest BCUT2D eigenvalue weighted by atomic mass is 14.9. The Balaban J connectivity index is 2.21. The van der Waals surface area contributed by atoms with Gasteiger partial charge in [-0.05, 0) is 43.7 Å². The molecule has 0 saturated heterocycles. The van der Waals surface area contributed by atoms with E-state index >= 15 is 0 Å². The summed E-state index contributed by atoms with van der Waals surface area (Å²) in [6.45, 7) is 9.24. The fraction of sp³-hybridized carbons (Fsp3) is 1.00. The second-order valence-electron chi connectivity index (χ2n) is 4.05. The SMILES string of the molecule is CCNCC(C(C)C)C1CC1. The molecule has 1 N–H and O–H groups in total. The molecule has 1 atom stereocenters. The highest BCUT2D eigenvalue weighted by Gasteiger charge is 2.32. The molecule has 0 bridgehead atoms. The van der Waals surface area contributed by atoms with Gasteiger partial charge in [-0.25, -0.2) is 0 Å². The molecule has 0 spiro atoms. The number of hydrogen-bond donors (Lipinski definition) is 1. The lowest BCUT2D eigenvalue weighted by molar-refractivity contribution is 0.325. The van der Waals surface area contributed by atoms with E-state index in [9.17, 15) is 0 Å². The number of nitrogens with one attached hydrogen (secondary N) is 1. The van der Waals surface area contributed by atoms with Crippen LogP contribution in [0.25, 0.3) is 0 Å². The van der Waals surface area contributed by atoms with Crippen LogP contribution in [0.15, 0.2) is 0 Å². The van der Waals surface area contributed by atoms with Crippen LogP contribution >= 0.6 is 0 Å². The van der Waals surface area contributed by atoms with Crippen molar-refractivity contribution in [3.05, 3.63) is 0 Å². The zero-order chi connectivity index (χ0) is 8.27. The molecule has 0 amide bonds. The van der Waals surface area contributed by atoms with Gasteiger partial charge in [0.05, 0.1) is 0 Å². The Kier molecular flexibility index (Phi) is 3.38. The molecule has 0 aromatic carbocycles. The first-order chi connectivity index (χ1) is 5.25. The van der Waals surface area contributed by atoms with E-state index in [4.69, 9.17) is 0 Å². The van der Waals surface area contributed by atoms with Crippen LogP contribution in [-0.4, -0.2) is 13.1 Å². The van der Waals surface area contributed by atoms with E-state index in [1.165, 1.54) is 19.4 Å². The van der Waals surface area contributed by atoms with Gasteiger partial charge in [-0.2, -0.15) is 0 Å². The van der Waals surface area contributed by atoms with Crippen LogP contribution in [0, 0.1) is 17.8 Å². The molecule has 0 aromatic rings. The monoisotopic (exact) mass is 155 g/mol. The standard InChI is InChI=1S/C10H21N/c1-4-11-7-10(8(2)3)9-5-6-9/h8-11H,4-7H2,1-3H3. The van der Waals surface area contributed by atoms with Crippen molar-refractivity contribution in [3.63, 3.8) is 0 Å². The van der Waals surface area contributed by atoms with Gasteiger partial charge in [-0.3, -0.25) is 0 Å². The molecule has 1 nitrogen and oxygen atoms in total. The third kappa shape index (κ3) is 2.82. The summed E-state index contributed by atoms with van der Waals surface area (Å²) >= 11 is 0. The maximum atomic E-state index is 3.45. The van der Waals surface area contributed by atoms with Crippen molar-refractivity contribution in [1.82, 2.24) is 5.32 Å². The van der Waals surface area contributed by atoms with Gasteiger partial charge in [0.15, 0.2) is 0 Å². The first-order valence-corrected chi connectivity index (χ1v) is 4.96. The maximum absolute atomic E-state index is 3.45. The predicted octanol–water partition coefficient (Wildman–Crippen LogP) is 2.28. The van der Waals surface area contributed by atoms with Crippen LogP contribution in [0.4, 0.5) is 0 Å². The zero-order valence-electron chi connectivity index (χ0n) is 8.06. The molecule has 1 saturated carbocycles. The summed E-state index contributed by atoms with van der Waals surface area (Å²) in [4.78, 5) is 0. The van der Waals surface area contributed by atoms with Crippen molar-refractivity contribution in [2.24, 2.45) is 17.8 Å². The Morgan fingerprint density at radius 2 is 2.00 bits per heavy atom. The van der Waals surface area contributed by atoms with Gasteiger partial charge >= 0.3 is 0 Å². The average molecular weight is 155 g/mol. The molecular formula is C10H21N. The average Bonchev–Trinajstić information content (AvgIpc) is 2.71. The lowest BCUT2D eigenvalue weighted by Gasteiger charge is -2.20. The first-order valence-electron chi connectivity index (χ1n) is 4.96. The summed E-state index contributed by atoms with van der Waals surface area (Å²) in [7, 11) is 0. The highest BCUT2D eigenvalue weighted by Crippen LogP contribution is 2.39. The third-order valence-electron chi connectivity index (χ3n) is 2.71. The van der Waals surface area contributed by atoms with E-state index in [1.54, 1.807) is 0 Å². The van der Waals surface area contributed by atoms with Gasteiger partial charge < -0.3 is 5.32 Å². The quantitative estimate of drug-likeness (QED) is 0.642. The van der Waals surface area contributed by atoms with E-state index in [0.717, 1.165) is 24.3 Å². The smallest absolute Gasteiger partial charge is 0.00155 e. The summed E-state index contributed by atoms with van der Waals surface area (Å²) in [6, 6.07) is 0. The molecule has 1 heteroatoms. The lowest BCUT2D eigenvalue weighted by atomic mass is 9.91. The minimum atomic E-state index is 0.863. The number of rotatable bonds is 5. The molecule has 0 heterocycles. The minimum Gasteiger partial charge on any atom is -0.317 e. The highest BCUT2D eigenvalue weighted by molar-refractivity contribution is 4.84. The first kappa shape index (κ1) is 9.05. The van der Waals surface area contributed by atoms with Gasteiger partial charge in [0.1, 0.15) is 0 Å². The van der Waals surface area contributed by atoms with E-state index in [0.29, 0.717) is 0 Å². The fourth-order valence-electron chi connectivity index (χ4n) is 1.78. The lowest BCUT2D eigenvalue weighted by Crippen LogP contribution is -2.27. The second kappa shape index (κ2) is 4.10. The molecule has 0 radical (unpaired) electrons. The van der Waals surface area contributed by atoms with E-state index in [2.05, 4.69) is 26.1 Å². The molecule has 1 rings (SSSR count). The van der Waals surface area contributed by atoms with Crippen LogP contribution < -0.4 is 5.32 Å². The summed E-state index contributed by atoms with van der Waals surface area (Å²) in [5, 5.41) is 3.45. The van der Waals surface area contributed by atoms with E-state index < -0.39 is 0 Å². The topological polar surface area (TPSA) is 12.0 Å². The molecule has 1 fully saturated rings. The van der Waals surface area contributed by atoms with Crippen molar-refractivity contribution in [1.29, 1.82) is 0 Å². The summed E-state index contributed by atoms with van der Waals surface area (Å²) in [5.74, 6) is 2.85. The van der Waals surface area contributed by atoms with E-state index in [1.807, 2.05) is 0 Å². The van der Waals surface area contributed by atoms with Crippen molar-refractivity contribution in [2.45, 2.75) is 33.6 Å². The van der Waals surface area contributed by atoms with Gasteiger partial charge in [-0.1, -0.05) is 20.8 Å². The molecule has 1 aliphatic carbocycles. The van der Waals surface area contributed by atoms with Gasteiger partial charge in [0.2, 0.25) is 0 Å². The molecular weight excluding hydrogens is 134 g/mol. The molecule has 0 aromatic heterocycles. The van der Waals surface area contributed by atoms with Crippen LogP contribution in [0.1, 0.15) is 33.6 Å². The Bertz CT molecular complexity index is 103. The minimum absolute atomic E-state index is 0.863. The van der Waals surface area contributed by atoms with Crippen molar-refractivity contribution in [2.75, 3.05) is 13.1 Å². The van der Waals surface area contributed by atoms with Gasteiger partial charge in [0.25, 0.3) is 0 Å². The molecule has 11 heavy (non-hydrogen) atoms. The third-order valence-corrected chi connectivity index (χ3v) is 2.71. The predicted molar refractivity (Wildman–Crippen MR) is 49.6 cm³/mol. The van der Waals surface area contributed by atoms with Crippen molar-refractivity contribution >= 4 is 0 Å². The molecule has 1 aliphatic rings. The van der Waals surface area contributed by atoms with Gasteiger partial charge in [-0.15, -0.1) is 0 Å². The largest absolute Gasteiger partial charge is 0.317 e. The number of hydrogen-bond acceptors (Lipinski definition) is 1. The Morgan fingerprint density at radius 3 is 2.36 bits per heavy atom. The Morgan fingerprint density at radius 1 is 1.36 bits per heavy atom. The van der Waals surface area contributed by atoms with Crippen LogP contribution in [0.5, 0.6) is 0 Å². The Labute approximate surface area is 70.6 Å².